The van der Waals surface area contributed by atoms with Gasteiger partial charge in [-0.15, -0.1) is 0 Å². The summed E-state index contributed by atoms with van der Waals surface area (Å²) in [5.41, 5.74) is 1.77. The highest BCUT2D eigenvalue weighted by Crippen LogP contribution is 2.32. The number of para-hydroxylation sites is 2. The Labute approximate surface area is 137 Å². The number of rotatable bonds is 3. The molecule has 0 radical (unpaired) electrons. The van der Waals surface area contributed by atoms with Gasteiger partial charge >= 0.3 is 0 Å². The van der Waals surface area contributed by atoms with E-state index in [0.717, 1.165) is 5.52 Å². The molecule has 3 heterocycles. The van der Waals surface area contributed by atoms with Crippen LogP contribution in [0, 0.1) is 0 Å². The Bertz CT molecular complexity index is 866. The lowest BCUT2D eigenvalue weighted by Gasteiger charge is -2.22. The second-order valence-corrected chi connectivity index (χ2v) is 5.68. The van der Waals surface area contributed by atoms with Crippen molar-refractivity contribution in [2.75, 3.05) is 13.7 Å². The summed E-state index contributed by atoms with van der Waals surface area (Å²) >= 11 is 0. The van der Waals surface area contributed by atoms with Gasteiger partial charge in [-0.2, -0.15) is 5.10 Å². The standard InChI is InChI=1S/C16H16N6O2/c1-24-10-6-14(15-18-9-19-21-15)22(8-10)16(23)13-7-17-11-4-2-3-5-12(11)20-13/h2-5,7,9-10,14H,6,8H2,1H3,(H,18,19,21)/t10-,14+/m1/s1. The van der Waals surface area contributed by atoms with E-state index in [9.17, 15) is 4.79 Å². The number of carbonyl (C=O) groups excluding carboxylic acids is 1. The molecule has 0 aliphatic carbocycles. The number of ether oxygens (including phenoxy) is 1. The van der Waals surface area contributed by atoms with Gasteiger partial charge < -0.3 is 9.64 Å². The summed E-state index contributed by atoms with van der Waals surface area (Å²) in [5, 5.41) is 6.73. The lowest BCUT2D eigenvalue weighted by molar-refractivity contribution is 0.0678. The number of methoxy groups -OCH3 is 1. The molecule has 1 N–H and O–H groups in total. The monoisotopic (exact) mass is 324 g/mol. The highest BCUT2D eigenvalue weighted by Gasteiger charge is 2.38. The van der Waals surface area contributed by atoms with Crippen molar-refractivity contribution in [3.05, 3.63) is 48.3 Å². The van der Waals surface area contributed by atoms with Crippen LogP contribution in [-0.4, -0.2) is 55.7 Å². The number of hydrogen-bond donors (Lipinski definition) is 1. The van der Waals surface area contributed by atoms with Gasteiger partial charge in [0.1, 0.15) is 17.8 Å². The third-order valence-electron chi connectivity index (χ3n) is 4.27. The molecule has 2 atom stereocenters. The number of fused-ring (bicyclic) bond motifs is 1. The van der Waals surface area contributed by atoms with Crippen LogP contribution in [-0.2, 0) is 4.74 Å². The van der Waals surface area contributed by atoms with Crippen molar-refractivity contribution in [1.29, 1.82) is 0 Å². The Balaban J connectivity index is 1.67. The van der Waals surface area contributed by atoms with Crippen molar-refractivity contribution < 1.29 is 9.53 Å². The second-order valence-electron chi connectivity index (χ2n) is 5.68. The third-order valence-corrected chi connectivity index (χ3v) is 4.27. The first kappa shape index (κ1) is 14.7. The van der Waals surface area contributed by atoms with E-state index in [-0.39, 0.29) is 18.1 Å². The highest BCUT2D eigenvalue weighted by molar-refractivity contribution is 5.94. The first-order valence-corrected chi connectivity index (χ1v) is 7.67. The minimum atomic E-state index is -0.210. The Morgan fingerprint density at radius 2 is 2.12 bits per heavy atom. The van der Waals surface area contributed by atoms with Crippen LogP contribution in [0.15, 0.2) is 36.8 Å². The maximum Gasteiger partial charge on any atom is 0.274 e. The smallest absolute Gasteiger partial charge is 0.274 e. The van der Waals surface area contributed by atoms with E-state index in [1.165, 1.54) is 12.5 Å². The van der Waals surface area contributed by atoms with E-state index in [0.29, 0.717) is 30.0 Å². The molecule has 0 saturated carbocycles. The van der Waals surface area contributed by atoms with Crippen LogP contribution in [0.2, 0.25) is 0 Å². The Morgan fingerprint density at radius 1 is 1.29 bits per heavy atom. The molecule has 4 rings (SSSR count). The molecule has 1 aliphatic rings. The zero-order chi connectivity index (χ0) is 16.5. The SMILES string of the molecule is CO[C@@H]1C[C@@H](c2ncn[nH]2)N(C(=O)c2cnc3ccccc3n2)C1. The van der Waals surface area contributed by atoms with E-state index >= 15 is 0 Å². The molecule has 0 bridgehead atoms. The second kappa shape index (κ2) is 5.97. The van der Waals surface area contributed by atoms with Crippen molar-refractivity contribution in [3.63, 3.8) is 0 Å². The molecule has 0 spiro atoms. The normalized spacial score (nSPS) is 20.6. The predicted octanol–water partition coefficient (Wildman–Crippen LogP) is 1.35. The number of carbonyl (C=O) groups is 1. The topological polar surface area (TPSA) is 96.9 Å². The van der Waals surface area contributed by atoms with Crippen LogP contribution in [0.1, 0.15) is 28.8 Å². The predicted molar refractivity (Wildman–Crippen MR) is 85.1 cm³/mol. The average Bonchev–Trinajstić information content (AvgIpc) is 3.29. The molecule has 3 aromatic rings. The minimum Gasteiger partial charge on any atom is -0.380 e. The molecule has 1 saturated heterocycles. The van der Waals surface area contributed by atoms with Gasteiger partial charge in [0, 0.05) is 20.1 Å². The minimum absolute atomic E-state index is 0.0440. The molecular formula is C16H16N6O2. The van der Waals surface area contributed by atoms with E-state index in [1.54, 1.807) is 12.0 Å². The summed E-state index contributed by atoms with van der Waals surface area (Å²) in [6.07, 6.45) is 3.58. The van der Waals surface area contributed by atoms with Gasteiger partial charge in [-0.3, -0.25) is 14.9 Å². The number of amides is 1. The summed E-state index contributed by atoms with van der Waals surface area (Å²) in [7, 11) is 1.64. The van der Waals surface area contributed by atoms with Crippen LogP contribution in [0.4, 0.5) is 0 Å². The molecule has 1 aromatic carbocycles. The summed E-state index contributed by atoms with van der Waals surface area (Å²) in [6.45, 7) is 0.481. The zero-order valence-corrected chi connectivity index (χ0v) is 13.1. The fraction of sp³-hybridized carbons (Fsp3) is 0.312. The van der Waals surface area contributed by atoms with Crippen LogP contribution < -0.4 is 0 Å². The first-order chi connectivity index (χ1) is 11.8. The van der Waals surface area contributed by atoms with Crippen LogP contribution in [0.5, 0.6) is 0 Å². The molecule has 122 valence electrons. The van der Waals surface area contributed by atoms with E-state index < -0.39 is 0 Å². The van der Waals surface area contributed by atoms with Gasteiger partial charge in [-0.05, 0) is 12.1 Å². The quantitative estimate of drug-likeness (QED) is 0.781. The van der Waals surface area contributed by atoms with Crippen molar-refractivity contribution >= 4 is 16.9 Å². The van der Waals surface area contributed by atoms with Crippen molar-refractivity contribution in [2.45, 2.75) is 18.6 Å². The molecule has 8 heteroatoms. The van der Waals surface area contributed by atoms with Crippen LogP contribution in [0.25, 0.3) is 11.0 Å². The summed E-state index contributed by atoms with van der Waals surface area (Å²) in [4.78, 5) is 27.6. The van der Waals surface area contributed by atoms with Crippen molar-refractivity contribution in [1.82, 2.24) is 30.0 Å². The Kier molecular flexibility index (Phi) is 3.66. The molecule has 1 amide bonds. The number of benzene rings is 1. The molecule has 24 heavy (non-hydrogen) atoms. The molecule has 1 fully saturated rings. The number of aromatic nitrogens is 5. The lowest BCUT2D eigenvalue weighted by Crippen LogP contribution is -2.33. The fourth-order valence-corrected chi connectivity index (χ4v) is 3.03. The highest BCUT2D eigenvalue weighted by atomic mass is 16.5. The molecule has 2 aromatic heterocycles. The fourth-order valence-electron chi connectivity index (χ4n) is 3.03. The summed E-state index contributed by atoms with van der Waals surface area (Å²) in [5.74, 6) is 0.464. The molecule has 1 aliphatic heterocycles. The number of likely N-dealkylation sites (tertiary alicyclic amines) is 1. The van der Waals surface area contributed by atoms with Gasteiger partial charge in [0.05, 0.1) is 29.4 Å². The summed E-state index contributed by atoms with van der Waals surface area (Å²) in [6, 6.07) is 7.26. The van der Waals surface area contributed by atoms with Crippen LogP contribution >= 0.6 is 0 Å². The lowest BCUT2D eigenvalue weighted by atomic mass is 10.2. The van der Waals surface area contributed by atoms with Gasteiger partial charge in [-0.1, -0.05) is 12.1 Å². The van der Waals surface area contributed by atoms with Gasteiger partial charge in [0.2, 0.25) is 0 Å². The van der Waals surface area contributed by atoms with E-state index in [1.807, 2.05) is 24.3 Å². The maximum atomic E-state index is 13.0. The van der Waals surface area contributed by atoms with E-state index in [4.69, 9.17) is 4.74 Å². The largest absolute Gasteiger partial charge is 0.380 e. The molecular weight excluding hydrogens is 308 g/mol. The van der Waals surface area contributed by atoms with Crippen molar-refractivity contribution in [2.24, 2.45) is 0 Å². The van der Waals surface area contributed by atoms with Gasteiger partial charge in [-0.25, -0.2) is 9.97 Å². The maximum absolute atomic E-state index is 13.0. The molecule has 0 unspecified atom stereocenters. The van der Waals surface area contributed by atoms with Crippen LogP contribution in [0.3, 0.4) is 0 Å². The third kappa shape index (κ3) is 2.50. The number of aromatic amines is 1. The Morgan fingerprint density at radius 3 is 2.88 bits per heavy atom. The average molecular weight is 324 g/mol. The first-order valence-electron chi connectivity index (χ1n) is 7.67. The number of nitrogens with zero attached hydrogens (tertiary/aromatic N) is 5. The number of H-pyrrole nitrogens is 1. The van der Waals surface area contributed by atoms with Gasteiger partial charge in [0.25, 0.3) is 5.91 Å². The molecule has 8 nitrogen and oxygen atoms in total. The number of nitrogens with one attached hydrogen (secondary N) is 1. The van der Waals surface area contributed by atoms with E-state index in [2.05, 4.69) is 25.1 Å². The zero-order valence-electron chi connectivity index (χ0n) is 13.1. The Hall–Kier alpha value is -2.87. The summed E-state index contributed by atoms with van der Waals surface area (Å²) < 4.78 is 5.43. The van der Waals surface area contributed by atoms with Crippen molar-refractivity contribution in [3.8, 4) is 0 Å². The van der Waals surface area contributed by atoms with Gasteiger partial charge in [0.15, 0.2) is 0 Å². The number of hydrogen-bond acceptors (Lipinski definition) is 6.